The van der Waals surface area contributed by atoms with Gasteiger partial charge in [-0.3, -0.25) is 0 Å². The van der Waals surface area contributed by atoms with E-state index in [9.17, 15) is 0 Å². The van der Waals surface area contributed by atoms with Crippen LogP contribution in [0.1, 0.15) is 0 Å². The Kier molecular flexibility index (Phi) is 8.77. The van der Waals surface area contributed by atoms with Gasteiger partial charge in [0.25, 0.3) is 0 Å². The van der Waals surface area contributed by atoms with Crippen molar-refractivity contribution in [2.45, 2.75) is 0 Å². The van der Waals surface area contributed by atoms with Crippen molar-refractivity contribution in [3.8, 4) is 67.8 Å². The monoisotopic (exact) mass is 816 g/mol. The van der Waals surface area contributed by atoms with Gasteiger partial charge in [-0.2, -0.15) is 0 Å². The lowest BCUT2D eigenvalue weighted by Gasteiger charge is -2.17. The van der Waals surface area contributed by atoms with Crippen LogP contribution in [0, 0.1) is 6.57 Å². The number of rotatable bonds is 7. The van der Waals surface area contributed by atoms with Crippen LogP contribution in [0.4, 0.5) is 5.69 Å². The van der Waals surface area contributed by atoms with Crippen molar-refractivity contribution in [1.82, 2.24) is 24.1 Å². The summed E-state index contributed by atoms with van der Waals surface area (Å²) in [5.74, 6) is 1.76. The van der Waals surface area contributed by atoms with Crippen molar-refractivity contribution in [3.05, 3.63) is 230 Å². The van der Waals surface area contributed by atoms with E-state index < -0.39 is 0 Å². The molecule has 12 rings (SSSR count). The maximum absolute atomic E-state index is 7.90. The Hall–Kier alpha value is -8.92. The van der Waals surface area contributed by atoms with E-state index in [1.54, 1.807) is 0 Å². The Morgan fingerprint density at radius 1 is 0.344 bits per heavy atom. The summed E-state index contributed by atoms with van der Waals surface area (Å²) in [6.07, 6.45) is 0. The van der Waals surface area contributed by atoms with E-state index in [0.29, 0.717) is 23.2 Å². The molecule has 0 radical (unpaired) electrons. The quantitative estimate of drug-likeness (QED) is 0.151. The zero-order valence-electron chi connectivity index (χ0n) is 34.5. The van der Waals surface area contributed by atoms with E-state index in [0.717, 1.165) is 83.2 Å². The topological polar surface area (TPSA) is 52.9 Å². The number of benzene rings is 9. The molecular formula is C58H36N6. The van der Waals surface area contributed by atoms with Crippen molar-refractivity contribution in [2.75, 3.05) is 0 Å². The van der Waals surface area contributed by atoms with Crippen molar-refractivity contribution in [2.24, 2.45) is 0 Å². The maximum Gasteiger partial charge on any atom is 0.194 e. The molecule has 0 saturated heterocycles. The fourth-order valence-corrected chi connectivity index (χ4v) is 9.34. The lowest BCUT2D eigenvalue weighted by molar-refractivity contribution is 1.06. The summed E-state index contributed by atoms with van der Waals surface area (Å²) >= 11 is 0. The molecule has 0 fully saturated rings. The molecule has 0 amide bonds. The summed E-state index contributed by atoms with van der Waals surface area (Å²) in [6.45, 7) is 7.90. The molecule has 0 aliphatic rings. The van der Waals surface area contributed by atoms with E-state index in [1.807, 2.05) is 84.9 Å². The fraction of sp³-hybridized carbons (Fsp3) is 0. The third-order valence-electron chi connectivity index (χ3n) is 12.2. The molecule has 3 heterocycles. The van der Waals surface area contributed by atoms with E-state index in [-0.39, 0.29) is 0 Å². The van der Waals surface area contributed by atoms with Crippen LogP contribution in [-0.2, 0) is 0 Å². The predicted octanol–water partition coefficient (Wildman–Crippen LogP) is 15.0. The van der Waals surface area contributed by atoms with Gasteiger partial charge in [0, 0.05) is 43.9 Å². The first-order valence-corrected chi connectivity index (χ1v) is 21.3. The molecule has 12 aromatic rings. The maximum atomic E-state index is 7.90. The highest BCUT2D eigenvalue weighted by molar-refractivity contribution is 6.16. The predicted molar refractivity (Wildman–Crippen MR) is 262 cm³/mol. The summed E-state index contributed by atoms with van der Waals surface area (Å²) in [6, 6.07) is 75.7. The van der Waals surface area contributed by atoms with Crippen LogP contribution in [0.3, 0.4) is 0 Å². The normalized spacial score (nSPS) is 11.4. The molecular weight excluding hydrogens is 781 g/mol. The summed E-state index contributed by atoms with van der Waals surface area (Å²) in [5, 5.41) is 4.56. The van der Waals surface area contributed by atoms with Crippen LogP contribution in [0.25, 0.3) is 116 Å². The summed E-state index contributed by atoms with van der Waals surface area (Å²) in [4.78, 5) is 19.6. The molecule has 0 saturated carbocycles. The van der Waals surface area contributed by atoms with Crippen LogP contribution < -0.4 is 0 Å². The minimum Gasteiger partial charge on any atom is -0.309 e. The van der Waals surface area contributed by atoms with Gasteiger partial charge in [-0.25, -0.2) is 19.8 Å². The summed E-state index contributed by atoms with van der Waals surface area (Å²) in [7, 11) is 0. The second kappa shape index (κ2) is 15.2. The number of nitrogens with zero attached hydrogens (tertiary/aromatic N) is 6. The van der Waals surface area contributed by atoms with E-state index >= 15 is 0 Å². The minimum absolute atomic E-state index is 0.567. The van der Waals surface area contributed by atoms with Crippen molar-refractivity contribution >= 4 is 49.3 Å². The molecule has 3 aromatic heterocycles. The minimum atomic E-state index is 0.567. The zero-order valence-corrected chi connectivity index (χ0v) is 34.5. The summed E-state index contributed by atoms with van der Waals surface area (Å²) in [5.41, 5.74) is 13.8. The van der Waals surface area contributed by atoms with Crippen LogP contribution in [0.15, 0.2) is 218 Å². The van der Waals surface area contributed by atoms with Gasteiger partial charge in [-0.15, -0.1) is 0 Å². The van der Waals surface area contributed by atoms with Crippen molar-refractivity contribution in [1.29, 1.82) is 0 Å². The first-order valence-electron chi connectivity index (χ1n) is 21.3. The molecule has 9 aromatic carbocycles. The number of para-hydroxylation sites is 4. The Bertz CT molecular complexity index is 3730. The van der Waals surface area contributed by atoms with Crippen LogP contribution in [0.2, 0.25) is 0 Å². The fourth-order valence-electron chi connectivity index (χ4n) is 9.34. The van der Waals surface area contributed by atoms with Gasteiger partial charge < -0.3 is 9.13 Å². The first-order chi connectivity index (χ1) is 31.7. The third kappa shape index (κ3) is 6.06. The van der Waals surface area contributed by atoms with E-state index in [4.69, 9.17) is 21.5 Å². The van der Waals surface area contributed by atoms with Gasteiger partial charge in [-0.05, 0) is 76.9 Å². The van der Waals surface area contributed by atoms with Gasteiger partial charge in [0.05, 0.1) is 34.3 Å². The zero-order chi connectivity index (χ0) is 42.6. The highest BCUT2D eigenvalue weighted by atomic mass is 15.1. The molecule has 0 atom stereocenters. The standard InChI is InChI=1S/C58H36N6/c1-59-49-28-14-11-24-43(49)40-32-34-52-47(36-40)45-25-12-15-29-50(45)64(52)53-35-33-41(44-27-17-31-54-55(44)46-26-13-16-30-51(46)63(54)42-22-9-4-10-23-42)37-48(53)58-61-56(38-18-5-2-6-19-38)60-57(62-58)39-20-7-3-8-21-39/h2-37H. The molecule has 0 bridgehead atoms. The van der Waals surface area contributed by atoms with Gasteiger partial charge in [0.15, 0.2) is 23.2 Å². The molecule has 0 N–H and O–H groups in total. The Morgan fingerprint density at radius 2 is 0.875 bits per heavy atom. The largest absolute Gasteiger partial charge is 0.309 e. The van der Waals surface area contributed by atoms with Crippen LogP contribution >= 0.6 is 0 Å². The van der Waals surface area contributed by atoms with Gasteiger partial charge in [-0.1, -0.05) is 164 Å². The average molecular weight is 817 g/mol. The smallest absolute Gasteiger partial charge is 0.194 e. The first kappa shape index (κ1) is 36.9. The Labute approximate surface area is 369 Å². The van der Waals surface area contributed by atoms with E-state index in [1.165, 1.54) is 10.8 Å². The number of hydrogen-bond donors (Lipinski definition) is 0. The highest BCUT2D eigenvalue weighted by Crippen LogP contribution is 2.43. The SMILES string of the molecule is [C-]#[N+]c1ccccc1-c1ccc2c(c1)c1ccccc1n2-c1ccc(-c2cccc3c2c2ccccc2n3-c2ccccc2)cc1-c1nc(-c2ccccc2)nc(-c2ccccc2)n1. The second-order valence-electron chi connectivity index (χ2n) is 15.9. The molecule has 6 nitrogen and oxygen atoms in total. The Balaban J connectivity index is 1.16. The lowest BCUT2D eigenvalue weighted by atomic mass is 9.96. The number of aromatic nitrogens is 5. The average Bonchev–Trinajstić information content (AvgIpc) is 3.89. The molecule has 0 aliphatic heterocycles. The number of fused-ring (bicyclic) bond motifs is 6. The van der Waals surface area contributed by atoms with Crippen molar-refractivity contribution < 1.29 is 0 Å². The van der Waals surface area contributed by atoms with Gasteiger partial charge in [0.2, 0.25) is 0 Å². The van der Waals surface area contributed by atoms with Crippen LogP contribution in [-0.4, -0.2) is 24.1 Å². The van der Waals surface area contributed by atoms with Crippen molar-refractivity contribution in [3.63, 3.8) is 0 Å². The third-order valence-corrected chi connectivity index (χ3v) is 12.2. The molecule has 0 aliphatic carbocycles. The lowest BCUT2D eigenvalue weighted by Crippen LogP contribution is -2.04. The van der Waals surface area contributed by atoms with Crippen LogP contribution in [0.5, 0.6) is 0 Å². The number of hydrogen-bond acceptors (Lipinski definition) is 3. The molecule has 0 spiro atoms. The molecule has 298 valence electrons. The summed E-state index contributed by atoms with van der Waals surface area (Å²) < 4.78 is 4.70. The highest BCUT2D eigenvalue weighted by Gasteiger charge is 2.23. The molecule has 64 heavy (non-hydrogen) atoms. The van der Waals surface area contributed by atoms with Gasteiger partial charge >= 0.3 is 0 Å². The van der Waals surface area contributed by atoms with E-state index in [2.05, 4.69) is 147 Å². The molecule has 0 unspecified atom stereocenters. The second-order valence-corrected chi connectivity index (χ2v) is 15.9. The molecule has 6 heteroatoms. The van der Waals surface area contributed by atoms with Gasteiger partial charge in [0.1, 0.15) is 0 Å². The Morgan fingerprint density at radius 3 is 1.59 bits per heavy atom.